The van der Waals surface area contributed by atoms with Crippen molar-refractivity contribution in [3.63, 3.8) is 0 Å². The molecule has 0 unspecified atom stereocenters. The van der Waals surface area contributed by atoms with Gasteiger partial charge in [0.25, 0.3) is 0 Å². The van der Waals surface area contributed by atoms with Crippen LogP contribution in [0.15, 0.2) is 60.8 Å². The minimum absolute atomic E-state index is 0.144. The predicted molar refractivity (Wildman–Crippen MR) is 123 cm³/mol. The first-order valence-corrected chi connectivity index (χ1v) is 10.5. The molecule has 9 heteroatoms. The number of amides is 1. The third-order valence-electron chi connectivity index (χ3n) is 4.48. The number of carbonyl (C=O) groups excluding carboxylic acids is 1. The molecule has 6 nitrogen and oxygen atoms in total. The number of halogens is 3. The Hall–Kier alpha value is -3.16. The van der Waals surface area contributed by atoms with Crippen LogP contribution in [-0.4, -0.2) is 26.3 Å². The summed E-state index contributed by atoms with van der Waals surface area (Å²) in [7, 11) is 0. The molecule has 2 aromatic carbocycles. The van der Waals surface area contributed by atoms with Crippen LogP contribution in [0.25, 0.3) is 16.8 Å². The first-order chi connectivity index (χ1) is 15.2. The van der Waals surface area contributed by atoms with Crippen LogP contribution in [0.4, 0.5) is 20.7 Å². The smallest absolute Gasteiger partial charge is 0.420 e. The number of fused-ring (bicyclic) bond motifs is 1. The van der Waals surface area contributed by atoms with Crippen LogP contribution in [0.3, 0.4) is 0 Å². The van der Waals surface area contributed by atoms with Crippen LogP contribution >= 0.6 is 23.2 Å². The fourth-order valence-electron chi connectivity index (χ4n) is 3.20. The number of ether oxygens (including phenoxy) is 1. The molecule has 2 heterocycles. The number of nitrogens with zero attached hydrogens (tertiary/aromatic N) is 4. The average molecular weight is 473 g/mol. The minimum atomic E-state index is -0.799. The maximum atomic E-state index is 13.9. The van der Waals surface area contributed by atoms with Crippen LogP contribution in [0, 0.1) is 5.82 Å². The lowest BCUT2D eigenvalue weighted by Crippen LogP contribution is -2.35. The molecule has 164 valence electrons. The van der Waals surface area contributed by atoms with E-state index in [4.69, 9.17) is 27.9 Å². The van der Waals surface area contributed by atoms with E-state index in [0.717, 1.165) is 0 Å². The zero-order chi connectivity index (χ0) is 23.0. The van der Waals surface area contributed by atoms with Crippen molar-refractivity contribution in [1.29, 1.82) is 0 Å². The molecule has 0 aliphatic carbocycles. The van der Waals surface area contributed by atoms with Gasteiger partial charge in [0.05, 0.1) is 22.5 Å². The standard InChI is InChI=1S/C23H19Cl2FN4O2/c1-23(2,3)32-22(31)29(15-9-10-17(26)16(24)13-15)21-19(14-7-5-4-6-8-14)20(25)28-18-11-12-27-30(18)21/h4-13H,1-3H3. The van der Waals surface area contributed by atoms with Gasteiger partial charge in [0.15, 0.2) is 11.5 Å². The summed E-state index contributed by atoms with van der Waals surface area (Å²) in [6.45, 7) is 5.26. The lowest BCUT2D eigenvalue weighted by atomic mass is 10.1. The van der Waals surface area contributed by atoms with E-state index in [1.807, 2.05) is 30.3 Å². The van der Waals surface area contributed by atoms with Crippen molar-refractivity contribution in [2.75, 3.05) is 4.90 Å². The van der Waals surface area contributed by atoms with Crippen LogP contribution in [0.2, 0.25) is 10.2 Å². The van der Waals surface area contributed by atoms with Crippen LogP contribution in [0.1, 0.15) is 20.8 Å². The summed E-state index contributed by atoms with van der Waals surface area (Å²) in [6, 6.07) is 14.9. The highest BCUT2D eigenvalue weighted by Crippen LogP contribution is 2.40. The Morgan fingerprint density at radius 2 is 1.81 bits per heavy atom. The fourth-order valence-corrected chi connectivity index (χ4v) is 3.66. The van der Waals surface area contributed by atoms with Gasteiger partial charge in [0, 0.05) is 6.07 Å². The maximum absolute atomic E-state index is 13.9. The highest BCUT2D eigenvalue weighted by molar-refractivity contribution is 6.33. The summed E-state index contributed by atoms with van der Waals surface area (Å²) < 4.78 is 21.1. The van der Waals surface area contributed by atoms with Gasteiger partial charge in [-0.1, -0.05) is 53.5 Å². The molecule has 0 fully saturated rings. The first kappa shape index (κ1) is 22.0. The maximum Gasteiger partial charge on any atom is 0.420 e. The Kier molecular flexibility index (Phi) is 5.79. The van der Waals surface area contributed by atoms with Crippen molar-refractivity contribution in [3.05, 3.63) is 76.8 Å². The Morgan fingerprint density at radius 3 is 2.47 bits per heavy atom. The van der Waals surface area contributed by atoms with E-state index in [0.29, 0.717) is 16.8 Å². The molecular formula is C23H19Cl2FN4O2. The molecule has 0 radical (unpaired) electrons. The van der Waals surface area contributed by atoms with E-state index in [1.165, 1.54) is 27.6 Å². The van der Waals surface area contributed by atoms with E-state index in [9.17, 15) is 9.18 Å². The van der Waals surface area contributed by atoms with E-state index < -0.39 is 17.5 Å². The van der Waals surface area contributed by atoms with Crippen molar-refractivity contribution >= 4 is 46.4 Å². The number of rotatable bonds is 3. The number of hydrogen-bond donors (Lipinski definition) is 0. The molecule has 0 aliphatic heterocycles. The molecule has 0 saturated heterocycles. The minimum Gasteiger partial charge on any atom is -0.443 e. The van der Waals surface area contributed by atoms with Gasteiger partial charge in [-0.25, -0.2) is 19.1 Å². The Bertz CT molecular complexity index is 1300. The van der Waals surface area contributed by atoms with Gasteiger partial charge in [-0.05, 0) is 44.5 Å². The molecule has 0 spiro atoms. The average Bonchev–Trinajstić information content (AvgIpc) is 3.18. The number of aromatic nitrogens is 3. The summed E-state index contributed by atoms with van der Waals surface area (Å²) in [5, 5.41) is 4.37. The first-order valence-electron chi connectivity index (χ1n) is 9.72. The van der Waals surface area contributed by atoms with Crippen molar-refractivity contribution < 1.29 is 13.9 Å². The lowest BCUT2D eigenvalue weighted by molar-refractivity contribution is 0.0597. The van der Waals surface area contributed by atoms with Crippen LogP contribution < -0.4 is 4.90 Å². The molecule has 0 saturated carbocycles. The molecular weight excluding hydrogens is 454 g/mol. The molecule has 0 aliphatic rings. The van der Waals surface area contributed by atoms with Crippen molar-refractivity contribution in [3.8, 4) is 11.1 Å². The molecule has 0 atom stereocenters. The van der Waals surface area contributed by atoms with Gasteiger partial charge in [-0.2, -0.15) is 9.61 Å². The fraction of sp³-hybridized carbons (Fsp3) is 0.174. The zero-order valence-corrected chi connectivity index (χ0v) is 19.0. The second-order valence-corrected chi connectivity index (χ2v) is 8.75. The number of hydrogen-bond acceptors (Lipinski definition) is 4. The van der Waals surface area contributed by atoms with Crippen molar-refractivity contribution in [2.24, 2.45) is 0 Å². The van der Waals surface area contributed by atoms with Crippen LogP contribution in [0.5, 0.6) is 0 Å². The summed E-state index contributed by atoms with van der Waals surface area (Å²) in [5.74, 6) is -0.326. The Morgan fingerprint density at radius 1 is 1.09 bits per heavy atom. The second-order valence-electron chi connectivity index (χ2n) is 7.98. The van der Waals surface area contributed by atoms with Crippen molar-refractivity contribution in [1.82, 2.24) is 14.6 Å². The van der Waals surface area contributed by atoms with Gasteiger partial charge < -0.3 is 4.74 Å². The molecule has 1 amide bonds. The normalized spacial score (nSPS) is 11.6. The number of benzene rings is 2. The number of anilines is 2. The lowest BCUT2D eigenvalue weighted by Gasteiger charge is -2.29. The van der Waals surface area contributed by atoms with E-state index >= 15 is 0 Å². The van der Waals surface area contributed by atoms with E-state index in [-0.39, 0.29) is 21.7 Å². The largest absolute Gasteiger partial charge is 0.443 e. The van der Waals surface area contributed by atoms with Gasteiger partial charge in [-0.3, -0.25) is 0 Å². The Labute approximate surface area is 194 Å². The third kappa shape index (κ3) is 4.26. The van der Waals surface area contributed by atoms with Gasteiger partial charge in [0.2, 0.25) is 0 Å². The monoisotopic (exact) mass is 472 g/mol. The van der Waals surface area contributed by atoms with Gasteiger partial charge in [-0.15, -0.1) is 0 Å². The quantitative estimate of drug-likeness (QED) is 0.303. The molecule has 2 aromatic heterocycles. The molecule has 4 aromatic rings. The summed E-state index contributed by atoms with van der Waals surface area (Å²) >= 11 is 12.7. The molecule has 4 rings (SSSR count). The SMILES string of the molecule is CC(C)(C)OC(=O)N(c1ccc(F)c(Cl)c1)c1c(-c2ccccc2)c(Cl)nc2ccnn12. The van der Waals surface area contributed by atoms with Crippen LogP contribution in [-0.2, 0) is 4.74 Å². The second kappa shape index (κ2) is 8.41. The van der Waals surface area contributed by atoms with E-state index in [2.05, 4.69) is 10.1 Å². The zero-order valence-electron chi connectivity index (χ0n) is 17.5. The Balaban J connectivity index is 2.06. The number of carbonyl (C=O) groups is 1. The third-order valence-corrected chi connectivity index (χ3v) is 5.04. The summed E-state index contributed by atoms with van der Waals surface area (Å²) in [5.41, 5.74) is 1.06. The highest BCUT2D eigenvalue weighted by Gasteiger charge is 2.31. The molecule has 0 bridgehead atoms. The summed E-state index contributed by atoms with van der Waals surface area (Å²) in [6.07, 6.45) is 0.832. The van der Waals surface area contributed by atoms with E-state index in [1.54, 1.807) is 33.0 Å². The molecule has 0 N–H and O–H groups in total. The summed E-state index contributed by atoms with van der Waals surface area (Å²) in [4.78, 5) is 19.2. The topological polar surface area (TPSA) is 59.7 Å². The van der Waals surface area contributed by atoms with Gasteiger partial charge in [0.1, 0.15) is 16.6 Å². The predicted octanol–water partition coefficient (Wildman–Crippen LogP) is 6.92. The molecule has 32 heavy (non-hydrogen) atoms. The van der Waals surface area contributed by atoms with Gasteiger partial charge >= 0.3 is 6.09 Å². The highest BCUT2D eigenvalue weighted by atomic mass is 35.5. The van der Waals surface area contributed by atoms with Crippen molar-refractivity contribution in [2.45, 2.75) is 26.4 Å².